The van der Waals surface area contributed by atoms with Gasteiger partial charge in [0, 0.05) is 12.5 Å². The third kappa shape index (κ3) is 2.45. The highest BCUT2D eigenvalue weighted by Crippen LogP contribution is 2.30. The number of rotatable bonds is 2. The predicted molar refractivity (Wildman–Crippen MR) is 73.6 cm³/mol. The summed E-state index contributed by atoms with van der Waals surface area (Å²) in [5, 5.41) is 13.9. The molecule has 2 atom stereocenters. The molecule has 0 radical (unpaired) electrons. The molecule has 1 aromatic rings. The summed E-state index contributed by atoms with van der Waals surface area (Å²) in [5.41, 5.74) is 4.10. The maximum absolute atomic E-state index is 10.5. The lowest BCUT2D eigenvalue weighted by atomic mass is 9.85. The first-order valence-corrected chi connectivity index (χ1v) is 7.35. The smallest absolute Gasteiger partial charge is 0.0830 e. The van der Waals surface area contributed by atoms with E-state index in [1.54, 1.807) is 0 Å². The van der Waals surface area contributed by atoms with Crippen LogP contribution in [0.5, 0.6) is 0 Å². The minimum Gasteiger partial charge on any atom is -0.388 e. The van der Waals surface area contributed by atoms with E-state index in [0.717, 1.165) is 25.1 Å². The molecule has 1 aliphatic carbocycles. The van der Waals surface area contributed by atoms with Crippen molar-refractivity contribution in [2.24, 2.45) is 5.92 Å². The van der Waals surface area contributed by atoms with Crippen molar-refractivity contribution in [2.45, 2.75) is 44.6 Å². The van der Waals surface area contributed by atoms with E-state index < -0.39 is 0 Å². The second-order valence-corrected chi connectivity index (χ2v) is 5.79. The highest BCUT2D eigenvalue weighted by molar-refractivity contribution is 5.35. The first kappa shape index (κ1) is 12.2. The molecule has 0 aromatic heterocycles. The molecule has 2 heteroatoms. The Hall–Kier alpha value is -0.860. The van der Waals surface area contributed by atoms with Gasteiger partial charge in [-0.3, -0.25) is 0 Å². The van der Waals surface area contributed by atoms with Crippen LogP contribution in [0.15, 0.2) is 18.2 Å². The zero-order valence-corrected chi connectivity index (χ0v) is 11.0. The molecule has 1 aromatic carbocycles. The Labute approximate surface area is 109 Å². The summed E-state index contributed by atoms with van der Waals surface area (Å²) in [6, 6.07) is 6.64. The molecule has 2 aliphatic rings. The van der Waals surface area contributed by atoms with Crippen LogP contribution in [0.3, 0.4) is 0 Å². The van der Waals surface area contributed by atoms with Gasteiger partial charge in [0.2, 0.25) is 0 Å². The van der Waals surface area contributed by atoms with E-state index in [9.17, 15) is 5.11 Å². The number of aryl methyl sites for hydroxylation is 2. The molecule has 1 saturated heterocycles. The highest BCUT2D eigenvalue weighted by Gasteiger charge is 2.23. The lowest BCUT2D eigenvalue weighted by Gasteiger charge is -2.28. The molecule has 0 spiro atoms. The molecule has 1 aliphatic heterocycles. The quantitative estimate of drug-likeness (QED) is 0.839. The number of fused-ring (bicyclic) bond motifs is 1. The Bertz CT molecular complexity index is 410. The molecule has 18 heavy (non-hydrogen) atoms. The van der Waals surface area contributed by atoms with Crippen LogP contribution in [0.25, 0.3) is 0 Å². The number of hydrogen-bond acceptors (Lipinski definition) is 2. The van der Waals surface area contributed by atoms with Crippen molar-refractivity contribution >= 4 is 0 Å². The van der Waals surface area contributed by atoms with Crippen LogP contribution in [-0.4, -0.2) is 18.2 Å². The second kappa shape index (κ2) is 5.41. The van der Waals surface area contributed by atoms with Crippen LogP contribution in [0.4, 0.5) is 0 Å². The topological polar surface area (TPSA) is 32.3 Å². The molecule has 2 unspecified atom stereocenters. The van der Waals surface area contributed by atoms with E-state index >= 15 is 0 Å². The zero-order chi connectivity index (χ0) is 12.4. The number of benzene rings is 1. The molecule has 2 nitrogen and oxygen atoms in total. The van der Waals surface area contributed by atoms with Crippen molar-refractivity contribution in [3.05, 3.63) is 34.9 Å². The average Bonchev–Trinajstić information content (AvgIpc) is 2.47. The van der Waals surface area contributed by atoms with E-state index in [1.807, 2.05) is 0 Å². The van der Waals surface area contributed by atoms with Crippen molar-refractivity contribution in [1.82, 2.24) is 5.32 Å². The molecule has 1 fully saturated rings. The maximum atomic E-state index is 10.5. The highest BCUT2D eigenvalue weighted by atomic mass is 16.3. The summed E-state index contributed by atoms with van der Waals surface area (Å²) in [6.07, 6.45) is 7.08. The van der Waals surface area contributed by atoms with Crippen molar-refractivity contribution < 1.29 is 5.11 Å². The van der Waals surface area contributed by atoms with E-state index in [4.69, 9.17) is 0 Å². The molecule has 0 saturated carbocycles. The SMILES string of the molecule is OC(c1ccc2c(c1)CCCC2)C1CCCNC1. The summed E-state index contributed by atoms with van der Waals surface area (Å²) in [5.74, 6) is 0.389. The lowest BCUT2D eigenvalue weighted by molar-refractivity contribution is 0.0921. The molecule has 3 rings (SSSR count). The van der Waals surface area contributed by atoms with Gasteiger partial charge in [-0.25, -0.2) is 0 Å². The van der Waals surface area contributed by atoms with Gasteiger partial charge in [-0.05, 0) is 61.8 Å². The van der Waals surface area contributed by atoms with Gasteiger partial charge < -0.3 is 10.4 Å². The Morgan fingerprint density at radius 3 is 2.72 bits per heavy atom. The van der Waals surface area contributed by atoms with Crippen molar-refractivity contribution in [3.63, 3.8) is 0 Å². The second-order valence-electron chi connectivity index (χ2n) is 5.79. The van der Waals surface area contributed by atoms with Crippen LogP contribution in [-0.2, 0) is 12.8 Å². The van der Waals surface area contributed by atoms with Gasteiger partial charge in [0.05, 0.1) is 6.10 Å². The summed E-state index contributed by atoms with van der Waals surface area (Å²) in [7, 11) is 0. The van der Waals surface area contributed by atoms with Gasteiger partial charge >= 0.3 is 0 Å². The Kier molecular flexibility index (Phi) is 3.67. The molecular weight excluding hydrogens is 222 g/mol. The Morgan fingerprint density at radius 1 is 1.11 bits per heavy atom. The van der Waals surface area contributed by atoms with E-state index in [-0.39, 0.29) is 6.10 Å². The van der Waals surface area contributed by atoms with Crippen LogP contribution in [0.2, 0.25) is 0 Å². The molecule has 98 valence electrons. The van der Waals surface area contributed by atoms with Crippen LogP contribution < -0.4 is 5.32 Å². The largest absolute Gasteiger partial charge is 0.388 e. The summed E-state index contributed by atoms with van der Waals surface area (Å²) < 4.78 is 0. The van der Waals surface area contributed by atoms with E-state index in [2.05, 4.69) is 23.5 Å². The van der Waals surface area contributed by atoms with Crippen LogP contribution in [0.1, 0.15) is 48.5 Å². The zero-order valence-electron chi connectivity index (χ0n) is 11.0. The summed E-state index contributed by atoms with van der Waals surface area (Å²) in [4.78, 5) is 0. The first-order chi connectivity index (χ1) is 8.84. The molecule has 0 bridgehead atoms. The third-order valence-electron chi connectivity index (χ3n) is 4.50. The first-order valence-electron chi connectivity index (χ1n) is 7.35. The number of hydrogen-bond donors (Lipinski definition) is 2. The van der Waals surface area contributed by atoms with Gasteiger partial charge in [0.1, 0.15) is 0 Å². The van der Waals surface area contributed by atoms with Crippen molar-refractivity contribution in [1.29, 1.82) is 0 Å². The number of aliphatic hydroxyl groups excluding tert-OH is 1. The standard InChI is InChI=1S/C16H23NO/c18-16(15-6-3-9-17-11-15)14-8-7-12-4-1-2-5-13(12)10-14/h7-8,10,15-18H,1-6,9,11H2. The van der Waals surface area contributed by atoms with Crippen LogP contribution in [0, 0.1) is 5.92 Å². The fraction of sp³-hybridized carbons (Fsp3) is 0.625. The molecular formula is C16H23NO. The minimum atomic E-state index is -0.287. The maximum Gasteiger partial charge on any atom is 0.0830 e. The normalized spacial score (nSPS) is 25.5. The van der Waals surface area contributed by atoms with Gasteiger partial charge in [0.25, 0.3) is 0 Å². The van der Waals surface area contributed by atoms with E-state index in [0.29, 0.717) is 5.92 Å². The van der Waals surface area contributed by atoms with E-state index in [1.165, 1.54) is 43.2 Å². The van der Waals surface area contributed by atoms with Crippen LogP contribution >= 0.6 is 0 Å². The summed E-state index contributed by atoms with van der Waals surface area (Å²) in [6.45, 7) is 2.06. The predicted octanol–water partition coefficient (Wildman–Crippen LogP) is 2.60. The average molecular weight is 245 g/mol. The fourth-order valence-corrected chi connectivity index (χ4v) is 3.36. The Morgan fingerprint density at radius 2 is 1.94 bits per heavy atom. The van der Waals surface area contributed by atoms with Gasteiger partial charge in [0.15, 0.2) is 0 Å². The number of aliphatic hydroxyl groups is 1. The summed E-state index contributed by atoms with van der Waals surface area (Å²) >= 11 is 0. The van der Waals surface area contributed by atoms with Gasteiger partial charge in [-0.1, -0.05) is 18.2 Å². The number of piperidine rings is 1. The van der Waals surface area contributed by atoms with Crippen molar-refractivity contribution in [2.75, 3.05) is 13.1 Å². The molecule has 0 amide bonds. The van der Waals surface area contributed by atoms with Crippen molar-refractivity contribution in [3.8, 4) is 0 Å². The Balaban J connectivity index is 1.78. The molecule has 2 N–H and O–H groups in total. The minimum absolute atomic E-state index is 0.287. The van der Waals surface area contributed by atoms with Gasteiger partial charge in [-0.15, -0.1) is 0 Å². The fourth-order valence-electron chi connectivity index (χ4n) is 3.36. The monoisotopic (exact) mass is 245 g/mol. The third-order valence-corrected chi connectivity index (χ3v) is 4.50. The van der Waals surface area contributed by atoms with Gasteiger partial charge in [-0.2, -0.15) is 0 Å². The number of nitrogens with one attached hydrogen (secondary N) is 1. The lowest BCUT2D eigenvalue weighted by Crippen LogP contribution is -2.33. The molecule has 1 heterocycles.